The van der Waals surface area contributed by atoms with E-state index in [1.54, 1.807) is 0 Å². The van der Waals surface area contributed by atoms with Crippen molar-refractivity contribution in [3.05, 3.63) is 131 Å². The Balaban J connectivity index is 1.63. The Kier molecular flexibility index (Phi) is 6.15. The predicted octanol–water partition coefficient (Wildman–Crippen LogP) is 12.0. The number of benzene rings is 4. The molecular weight excluding hydrogens is 694 g/mol. The molecule has 4 aromatic carbocycles. The van der Waals surface area contributed by atoms with Crippen molar-refractivity contribution < 1.29 is 12.7 Å². The molecule has 0 heterocycles. The van der Waals surface area contributed by atoms with Gasteiger partial charge in [-0.15, -0.1) is 0 Å². The van der Waals surface area contributed by atoms with Gasteiger partial charge in [-0.1, -0.05) is 0 Å². The molecule has 6 rings (SSSR count). The van der Waals surface area contributed by atoms with Crippen LogP contribution < -0.4 is 0 Å². The zero-order chi connectivity index (χ0) is 28.1. The van der Waals surface area contributed by atoms with Gasteiger partial charge in [0.1, 0.15) is 0 Å². The van der Waals surface area contributed by atoms with E-state index in [1.165, 1.54) is 44.5 Å². The molecule has 204 valence electrons. The van der Waals surface area contributed by atoms with Gasteiger partial charge in [0.05, 0.1) is 0 Å². The third kappa shape index (κ3) is 3.84. The normalized spacial score (nSPS) is 20.2. The maximum atomic E-state index is 8.72. The molecule has 40 heavy (non-hydrogen) atoms. The Morgan fingerprint density at radius 2 is 0.975 bits per heavy atom. The molecule has 2 aliphatic carbocycles. The molecule has 0 aromatic heterocycles. The van der Waals surface area contributed by atoms with Crippen LogP contribution in [-0.4, -0.2) is 4.26 Å². The summed E-state index contributed by atoms with van der Waals surface area (Å²) in [7, 11) is 17.4. The number of halogens is 2. The minimum atomic E-state index is -6.26. The standard InChI is InChI=1S/2C15H11.2C3H7.CH2.2ClH.Hf/c2*1-2-6-12(7-3-1)14-10-4-8-13-9-5-11-15(13)14;2*1-3-2;;;;/h2*1-11H;2*1,3H2,2H3;1H2;2*1H;/q;;;;;;;+2/p-2. The van der Waals surface area contributed by atoms with Crippen molar-refractivity contribution in [2.75, 3.05) is 0 Å². The zero-order valence-electron chi connectivity index (χ0n) is 23.5. The molecule has 3 heteroatoms. The zero-order valence-corrected chi connectivity index (χ0v) is 28.6. The Morgan fingerprint density at radius 1 is 0.575 bits per heavy atom. The van der Waals surface area contributed by atoms with Crippen molar-refractivity contribution >= 4 is 33.6 Å². The van der Waals surface area contributed by atoms with Gasteiger partial charge in [0, 0.05) is 0 Å². The maximum absolute atomic E-state index is 8.72. The summed E-state index contributed by atoms with van der Waals surface area (Å²) in [5, 5.41) is 0. The van der Waals surface area contributed by atoms with Crippen LogP contribution in [0.5, 0.6) is 0 Å². The van der Waals surface area contributed by atoms with Gasteiger partial charge in [-0.05, 0) is 0 Å². The number of allylic oxidation sites excluding steroid dienone is 2. The van der Waals surface area contributed by atoms with Gasteiger partial charge in [-0.3, -0.25) is 0 Å². The van der Waals surface area contributed by atoms with Gasteiger partial charge >= 0.3 is 242 Å². The molecule has 0 spiro atoms. The van der Waals surface area contributed by atoms with Crippen molar-refractivity contribution in [1.82, 2.24) is 0 Å². The van der Waals surface area contributed by atoms with Gasteiger partial charge < -0.3 is 0 Å². The van der Waals surface area contributed by atoms with Crippen LogP contribution in [0.4, 0.5) is 0 Å². The minimum absolute atomic E-state index is 0.132. The molecule has 0 nitrogen and oxygen atoms in total. The van der Waals surface area contributed by atoms with Crippen molar-refractivity contribution in [1.29, 1.82) is 0 Å². The van der Waals surface area contributed by atoms with Crippen molar-refractivity contribution in [3.63, 3.8) is 0 Å². The molecule has 0 radical (unpaired) electrons. The molecule has 2 atom stereocenters. The summed E-state index contributed by atoms with van der Waals surface area (Å²) in [6.07, 6.45) is 11.0. The van der Waals surface area contributed by atoms with E-state index in [9.17, 15) is 0 Å². The van der Waals surface area contributed by atoms with E-state index in [-0.39, 0.29) is 7.35 Å². The van der Waals surface area contributed by atoms with Crippen molar-refractivity contribution in [2.24, 2.45) is 0 Å². The molecule has 2 unspecified atom stereocenters. The Labute approximate surface area is 240 Å². The second kappa shape index (κ2) is 8.84. The van der Waals surface area contributed by atoms with Crippen LogP contribution in [0.2, 0.25) is 8.35 Å². The average molecular weight is 732 g/mol. The van der Waals surface area contributed by atoms with Crippen LogP contribution in [0.25, 0.3) is 34.4 Å². The Hall–Kier alpha value is -2.32. The van der Waals surface area contributed by atoms with Gasteiger partial charge in [-0.2, -0.15) is 0 Å². The fourth-order valence-electron chi connectivity index (χ4n) is 8.75. The summed E-state index contributed by atoms with van der Waals surface area (Å²) >= 11 is -6.26. The molecule has 0 aliphatic heterocycles. The molecule has 0 amide bonds. The summed E-state index contributed by atoms with van der Waals surface area (Å²) in [5.74, 6) is 0. The van der Waals surface area contributed by atoms with Crippen LogP contribution in [-0.2, 0) is 12.7 Å². The summed E-state index contributed by atoms with van der Waals surface area (Å²) in [6, 6.07) is 34.5. The first-order valence-electron chi connectivity index (χ1n) is 14.7. The number of fused-ring (bicyclic) bond motifs is 2. The third-order valence-corrected chi connectivity index (χ3v) is 58.8. The monoisotopic (exact) mass is 732 g/mol. The molecule has 0 saturated carbocycles. The van der Waals surface area contributed by atoms with Crippen molar-refractivity contribution in [3.8, 4) is 22.3 Å². The molecule has 0 saturated heterocycles. The topological polar surface area (TPSA) is 0 Å². The number of hydrogen-bond acceptors (Lipinski definition) is 0. The summed E-state index contributed by atoms with van der Waals surface area (Å²) in [6.45, 7) is 4.44. The van der Waals surface area contributed by atoms with E-state index in [0.29, 0.717) is 0 Å². The molecule has 0 bridgehead atoms. The van der Waals surface area contributed by atoms with E-state index < -0.39 is 12.7 Å². The van der Waals surface area contributed by atoms with Crippen LogP contribution in [0.1, 0.15) is 56.3 Å². The number of hydrogen-bond donors (Lipinski definition) is 0. The fraction of sp³-hybridized carbons (Fsp3) is 0.216. The first-order chi connectivity index (χ1) is 19.1. The molecular formula is C37H38Cl2Hf. The van der Waals surface area contributed by atoms with Crippen LogP contribution >= 0.6 is 17.2 Å². The van der Waals surface area contributed by atoms with E-state index in [1.807, 2.05) is 0 Å². The second-order valence-corrected chi connectivity index (χ2v) is 70.8. The van der Waals surface area contributed by atoms with Crippen LogP contribution in [0, 0.1) is 0 Å². The molecule has 0 fully saturated rings. The van der Waals surface area contributed by atoms with Crippen molar-refractivity contribution in [2.45, 2.75) is 42.4 Å². The first-order valence-corrected chi connectivity index (χ1v) is 35.4. The van der Waals surface area contributed by atoms with Gasteiger partial charge in [0.15, 0.2) is 0 Å². The molecule has 2 aliphatic rings. The van der Waals surface area contributed by atoms with Crippen LogP contribution in [0.3, 0.4) is 0 Å². The summed E-state index contributed by atoms with van der Waals surface area (Å²) in [4.78, 5) is 0. The van der Waals surface area contributed by atoms with Gasteiger partial charge in [0.2, 0.25) is 0 Å². The first kappa shape index (κ1) is 27.8. The van der Waals surface area contributed by atoms with E-state index >= 15 is 0 Å². The Bertz CT molecular complexity index is 1670. The summed E-state index contributed by atoms with van der Waals surface area (Å²) < 4.78 is 6.54. The van der Waals surface area contributed by atoms with E-state index in [2.05, 4.69) is 135 Å². The number of rotatable bonds is 8. The second-order valence-electron chi connectivity index (χ2n) is 13.0. The van der Waals surface area contributed by atoms with E-state index in [4.69, 9.17) is 21.4 Å². The quantitative estimate of drug-likeness (QED) is 0.158. The van der Waals surface area contributed by atoms with Gasteiger partial charge in [-0.25, -0.2) is 0 Å². The van der Waals surface area contributed by atoms with Gasteiger partial charge in [0.25, 0.3) is 0 Å². The van der Waals surface area contributed by atoms with E-state index in [0.717, 1.165) is 21.2 Å². The predicted molar refractivity (Wildman–Crippen MR) is 176 cm³/mol. The average Bonchev–Trinajstić information content (AvgIpc) is 3.61. The fourth-order valence-corrected chi connectivity index (χ4v) is 54.9. The molecule has 4 aromatic rings. The molecule has 0 N–H and O–H groups in total. The Morgan fingerprint density at radius 3 is 1.35 bits per heavy atom. The van der Waals surface area contributed by atoms with Crippen LogP contribution in [0.15, 0.2) is 109 Å². The third-order valence-electron chi connectivity index (χ3n) is 10.3. The summed E-state index contributed by atoms with van der Waals surface area (Å²) in [5.41, 5.74) is 9.78. The SMILES string of the molecule is [CH2]=[Hf]([Cl])([Cl])([CH2]CC)([CH2]CC)([CH]1C=Cc2c(-c3ccccc3)cccc21)[CH]1C=Cc2c(-c3ccccc3)cccc21.